The van der Waals surface area contributed by atoms with E-state index in [2.05, 4.69) is 49.3 Å². The van der Waals surface area contributed by atoms with Crippen molar-refractivity contribution in [3.63, 3.8) is 0 Å². The summed E-state index contributed by atoms with van der Waals surface area (Å²) >= 11 is 6.11. The standard InChI is InChI=1S/C22H35ClN4O5Si/c1-21(2,3)33(7,8)29-11-14-16-18(32-22(4,5)31-16)17(30-14)15(28)12-9-10-13-19(24-6)25-20(23)26-27(12)13/h9-10,14-18,28H,11H2,1-8H3,(H,24,25,26)/t14-,15-,16-,17-,18-/m1/s1. The van der Waals surface area contributed by atoms with Gasteiger partial charge >= 0.3 is 0 Å². The lowest BCUT2D eigenvalue weighted by Crippen LogP contribution is -2.44. The lowest BCUT2D eigenvalue weighted by molar-refractivity contribution is -0.200. The number of halogens is 1. The second-order valence-electron chi connectivity index (χ2n) is 10.8. The van der Waals surface area contributed by atoms with E-state index in [9.17, 15) is 5.11 Å². The zero-order valence-electron chi connectivity index (χ0n) is 20.5. The average molecular weight is 499 g/mol. The molecule has 0 aromatic carbocycles. The number of rotatable bonds is 6. The third kappa shape index (κ3) is 4.54. The van der Waals surface area contributed by atoms with Crippen LogP contribution in [-0.4, -0.2) is 71.9 Å². The maximum absolute atomic E-state index is 11.4. The molecule has 0 unspecified atom stereocenters. The number of hydrogen-bond donors (Lipinski definition) is 2. The monoisotopic (exact) mass is 498 g/mol. The lowest BCUT2D eigenvalue weighted by Gasteiger charge is -2.37. The van der Waals surface area contributed by atoms with Crippen LogP contribution in [0.4, 0.5) is 5.82 Å². The molecule has 4 rings (SSSR count). The van der Waals surface area contributed by atoms with Crippen molar-refractivity contribution in [1.29, 1.82) is 0 Å². The van der Waals surface area contributed by atoms with E-state index < -0.39 is 32.4 Å². The molecule has 184 valence electrons. The van der Waals surface area contributed by atoms with Gasteiger partial charge in [0, 0.05) is 7.05 Å². The molecule has 2 N–H and O–H groups in total. The molecule has 2 aromatic heterocycles. The molecule has 4 heterocycles. The number of nitrogens with one attached hydrogen (secondary N) is 1. The molecule has 5 atom stereocenters. The number of fused-ring (bicyclic) bond motifs is 2. The van der Waals surface area contributed by atoms with E-state index >= 15 is 0 Å². The Morgan fingerprint density at radius 1 is 1.27 bits per heavy atom. The first-order chi connectivity index (χ1) is 15.2. The van der Waals surface area contributed by atoms with E-state index in [0.717, 1.165) is 0 Å². The first-order valence-corrected chi connectivity index (χ1v) is 14.6. The number of anilines is 1. The van der Waals surface area contributed by atoms with Crippen molar-refractivity contribution in [2.45, 2.75) is 89.1 Å². The van der Waals surface area contributed by atoms with Crippen molar-refractivity contribution in [1.82, 2.24) is 14.6 Å². The van der Waals surface area contributed by atoms with Crippen molar-refractivity contribution in [2.75, 3.05) is 19.0 Å². The number of hydrogen-bond acceptors (Lipinski definition) is 8. The quantitative estimate of drug-likeness (QED) is 0.580. The third-order valence-electron chi connectivity index (χ3n) is 6.97. The van der Waals surface area contributed by atoms with Crippen LogP contribution in [0.25, 0.3) is 5.52 Å². The Morgan fingerprint density at radius 2 is 1.94 bits per heavy atom. The van der Waals surface area contributed by atoms with Crippen molar-refractivity contribution in [3.05, 3.63) is 23.1 Å². The maximum Gasteiger partial charge on any atom is 0.243 e. The summed E-state index contributed by atoms with van der Waals surface area (Å²) in [6, 6.07) is 3.63. The number of aliphatic hydroxyl groups excluding tert-OH is 1. The van der Waals surface area contributed by atoms with Gasteiger partial charge in [0.1, 0.15) is 36.0 Å². The molecule has 0 amide bonds. The summed E-state index contributed by atoms with van der Waals surface area (Å²) in [7, 11) is -0.234. The molecule has 2 aliphatic rings. The predicted octanol–water partition coefficient (Wildman–Crippen LogP) is 3.77. The zero-order valence-corrected chi connectivity index (χ0v) is 22.3. The van der Waals surface area contributed by atoms with E-state index in [4.69, 9.17) is 30.2 Å². The van der Waals surface area contributed by atoms with Crippen LogP contribution in [0.15, 0.2) is 12.1 Å². The summed E-state index contributed by atoms with van der Waals surface area (Å²) in [5.74, 6) is -0.209. The summed E-state index contributed by atoms with van der Waals surface area (Å²) in [6.45, 7) is 15.1. The second-order valence-corrected chi connectivity index (χ2v) is 15.9. The zero-order chi connectivity index (χ0) is 24.3. The molecule has 0 bridgehead atoms. The van der Waals surface area contributed by atoms with Crippen LogP contribution in [0.1, 0.15) is 46.4 Å². The maximum atomic E-state index is 11.4. The van der Waals surface area contributed by atoms with Gasteiger partial charge < -0.3 is 29.1 Å². The smallest absolute Gasteiger partial charge is 0.243 e. The highest BCUT2D eigenvalue weighted by atomic mass is 35.5. The Labute approximate surface area is 200 Å². The topological polar surface area (TPSA) is 99.4 Å². The van der Waals surface area contributed by atoms with Gasteiger partial charge in [-0.25, -0.2) is 4.52 Å². The van der Waals surface area contributed by atoms with Crippen LogP contribution in [0, 0.1) is 0 Å². The number of aliphatic hydroxyl groups is 1. The van der Waals surface area contributed by atoms with Gasteiger partial charge in [-0.1, -0.05) is 20.8 Å². The Balaban J connectivity index is 1.61. The van der Waals surface area contributed by atoms with Gasteiger partial charge in [0.2, 0.25) is 5.28 Å². The Morgan fingerprint density at radius 3 is 2.58 bits per heavy atom. The van der Waals surface area contributed by atoms with Crippen molar-refractivity contribution in [3.8, 4) is 0 Å². The van der Waals surface area contributed by atoms with Gasteiger partial charge in [-0.05, 0) is 55.7 Å². The fourth-order valence-corrected chi connectivity index (χ4v) is 5.35. The van der Waals surface area contributed by atoms with Gasteiger partial charge in [0.05, 0.1) is 12.3 Å². The van der Waals surface area contributed by atoms with Crippen molar-refractivity contribution >= 4 is 31.3 Å². The van der Waals surface area contributed by atoms with Gasteiger partial charge in [0.25, 0.3) is 0 Å². The molecule has 33 heavy (non-hydrogen) atoms. The van der Waals surface area contributed by atoms with E-state index in [1.165, 1.54) is 0 Å². The fraction of sp³-hybridized carbons (Fsp3) is 0.727. The normalized spacial score (nSPS) is 28.3. The minimum absolute atomic E-state index is 0.0731. The van der Waals surface area contributed by atoms with Crippen molar-refractivity contribution < 1.29 is 23.7 Å². The Kier molecular flexibility index (Phi) is 6.35. The van der Waals surface area contributed by atoms with Crippen molar-refractivity contribution in [2.24, 2.45) is 0 Å². The van der Waals surface area contributed by atoms with Crippen LogP contribution in [0.3, 0.4) is 0 Å². The average Bonchev–Trinajstić information content (AvgIpc) is 3.35. The van der Waals surface area contributed by atoms with Crippen LogP contribution < -0.4 is 5.32 Å². The minimum Gasteiger partial charge on any atom is -0.414 e. The molecule has 0 radical (unpaired) electrons. The molecule has 2 saturated heterocycles. The SMILES string of the molecule is CNc1nc(Cl)nn2c([C@@H](O)[C@H]3O[C@H](CO[Si](C)(C)C(C)(C)C)[C@H]4OC(C)(C)O[C@@H]34)ccc12. The molecular formula is C22H35ClN4O5Si. The van der Waals surface area contributed by atoms with Gasteiger partial charge in [-0.15, -0.1) is 5.10 Å². The highest BCUT2D eigenvalue weighted by molar-refractivity contribution is 6.74. The molecule has 2 aliphatic heterocycles. The Bertz CT molecular complexity index is 1020. The van der Waals surface area contributed by atoms with Gasteiger partial charge in [-0.2, -0.15) is 4.98 Å². The highest BCUT2D eigenvalue weighted by Gasteiger charge is 2.57. The molecule has 9 nitrogen and oxygen atoms in total. The Hall–Kier alpha value is -1.27. The van der Waals surface area contributed by atoms with Gasteiger partial charge in [0.15, 0.2) is 19.9 Å². The first kappa shape index (κ1) is 24.8. The third-order valence-corrected chi connectivity index (χ3v) is 11.6. The van der Waals surface area contributed by atoms with Crippen LogP contribution in [0.2, 0.25) is 23.4 Å². The molecular weight excluding hydrogens is 464 g/mol. The number of aromatic nitrogens is 3. The minimum atomic E-state index is -1.99. The molecule has 0 aliphatic carbocycles. The fourth-order valence-electron chi connectivity index (χ4n) is 4.18. The second kappa shape index (κ2) is 8.44. The van der Waals surface area contributed by atoms with E-state index in [-0.39, 0.29) is 22.5 Å². The summed E-state index contributed by atoms with van der Waals surface area (Å²) in [5, 5.41) is 18.9. The molecule has 0 spiro atoms. The number of ether oxygens (including phenoxy) is 3. The van der Waals surface area contributed by atoms with E-state index in [1.807, 2.05) is 19.9 Å². The first-order valence-electron chi connectivity index (χ1n) is 11.3. The lowest BCUT2D eigenvalue weighted by atomic mass is 10.0. The van der Waals surface area contributed by atoms with Crippen LogP contribution in [-0.2, 0) is 18.6 Å². The predicted molar refractivity (Wildman–Crippen MR) is 128 cm³/mol. The molecule has 2 aromatic rings. The van der Waals surface area contributed by atoms with E-state index in [0.29, 0.717) is 23.6 Å². The molecule has 2 fully saturated rings. The van der Waals surface area contributed by atoms with Crippen LogP contribution >= 0.6 is 11.6 Å². The number of nitrogens with zero attached hydrogens (tertiary/aromatic N) is 3. The molecule has 11 heteroatoms. The largest absolute Gasteiger partial charge is 0.414 e. The van der Waals surface area contributed by atoms with Gasteiger partial charge in [-0.3, -0.25) is 0 Å². The highest BCUT2D eigenvalue weighted by Crippen LogP contribution is 2.44. The summed E-state index contributed by atoms with van der Waals surface area (Å²) in [6.07, 6.45) is -2.83. The van der Waals surface area contributed by atoms with E-state index in [1.54, 1.807) is 17.6 Å². The summed E-state index contributed by atoms with van der Waals surface area (Å²) in [4.78, 5) is 4.19. The molecule has 0 saturated carbocycles. The summed E-state index contributed by atoms with van der Waals surface area (Å²) < 4.78 is 26.7. The van der Waals surface area contributed by atoms with Crippen LogP contribution in [0.5, 0.6) is 0 Å². The summed E-state index contributed by atoms with van der Waals surface area (Å²) in [5.41, 5.74) is 1.24.